The Morgan fingerprint density at radius 3 is 2.33 bits per heavy atom. The van der Waals surface area contributed by atoms with Gasteiger partial charge in [-0.05, 0) is 24.3 Å². The van der Waals surface area contributed by atoms with E-state index in [4.69, 9.17) is 0 Å². The lowest BCUT2D eigenvalue weighted by Gasteiger charge is -2.10. The highest BCUT2D eigenvalue weighted by atomic mass is 14.1. The number of rotatable bonds is 7. The molecule has 0 saturated carbocycles. The topological polar surface area (TPSA) is 0 Å². The van der Waals surface area contributed by atoms with Crippen LogP contribution in [0, 0.1) is 5.92 Å². The first kappa shape index (κ1) is 12.3. The fourth-order valence-corrected chi connectivity index (χ4v) is 2.00. The van der Waals surface area contributed by atoms with E-state index in [2.05, 4.69) is 44.2 Å². The third kappa shape index (κ3) is 5.61. The fourth-order valence-electron chi connectivity index (χ4n) is 2.00. The normalized spacial score (nSPS) is 12.7. The van der Waals surface area contributed by atoms with E-state index in [-0.39, 0.29) is 0 Å². The van der Waals surface area contributed by atoms with Crippen LogP contribution in [0.4, 0.5) is 0 Å². The van der Waals surface area contributed by atoms with Crippen molar-refractivity contribution in [3.05, 3.63) is 35.9 Å². The first-order valence-electron chi connectivity index (χ1n) is 6.37. The molecule has 84 valence electrons. The quantitative estimate of drug-likeness (QED) is 0.596. The summed E-state index contributed by atoms with van der Waals surface area (Å²) in [6, 6.07) is 10.8. The van der Waals surface area contributed by atoms with Gasteiger partial charge in [-0.25, -0.2) is 0 Å². The summed E-state index contributed by atoms with van der Waals surface area (Å²) >= 11 is 0. The second-order valence-corrected chi connectivity index (χ2v) is 4.63. The molecule has 1 aromatic rings. The van der Waals surface area contributed by atoms with E-state index in [1.807, 2.05) is 0 Å². The van der Waals surface area contributed by atoms with Crippen molar-refractivity contribution in [2.45, 2.75) is 52.4 Å². The molecule has 1 rings (SSSR count). The molecule has 0 N–H and O–H groups in total. The number of hydrogen-bond acceptors (Lipinski definition) is 0. The van der Waals surface area contributed by atoms with E-state index in [1.54, 1.807) is 0 Å². The van der Waals surface area contributed by atoms with Gasteiger partial charge >= 0.3 is 0 Å². The lowest BCUT2D eigenvalue weighted by atomic mass is 9.96. The molecule has 0 amide bonds. The van der Waals surface area contributed by atoms with Crippen LogP contribution in [0.5, 0.6) is 0 Å². The highest BCUT2D eigenvalue weighted by Gasteiger charge is 2.01. The van der Waals surface area contributed by atoms with E-state index in [1.165, 1.54) is 44.1 Å². The maximum atomic E-state index is 2.39. The Hall–Kier alpha value is -0.780. The number of aryl methyl sites for hydroxylation is 1. The van der Waals surface area contributed by atoms with Crippen molar-refractivity contribution in [2.24, 2.45) is 5.92 Å². The third-order valence-corrected chi connectivity index (χ3v) is 3.06. The molecule has 0 heterocycles. The second kappa shape index (κ2) is 7.50. The van der Waals surface area contributed by atoms with Crippen molar-refractivity contribution < 1.29 is 0 Å². The maximum Gasteiger partial charge on any atom is -0.0279 e. The highest BCUT2D eigenvalue weighted by molar-refractivity contribution is 5.14. The van der Waals surface area contributed by atoms with Crippen molar-refractivity contribution in [1.29, 1.82) is 0 Å². The van der Waals surface area contributed by atoms with Crippen molar-refractivity contribution >= 4 is 0 Å². The summed E-state index contributed by atoms with van der Waals surface area (Å²) in [6.07, 6.45) is 8.11. The molecule has 1 aromatic carbocycles. The van der Waals surface area contributed by atoms with Gasteiger partial charge < -0.3 is 0 Å². The molecule has 0 aliphatic heterocycles. The molecule has 0 fully saturated rings. The monoisotopic (exact) mass is 204 g/mol. The molecule has 15 heavy (non-hydrogen) atoms. The minimum absolute atomic E-state index is 0.911. The molecule has 1 unspecified atom stereocenters. The van der Waals surface area contributed by atoms with Gasteiger partial charge in [0.1, 0.15) is 0 Å². The summed E-state index contributed by atoms with van der Waals surface area (Å²) in [5.74, 6) is 0.911. The van der Waals surface area contributed by atoms with Gasteiger partial charge in [0, 0.05) is 0 Å². The highest BCUT2D eigenvalue weighted by Crippen LogP contribution is 2.15. The Morgan fingerprint density at radius 1 is 1.00 bits per heavy atom. The van der Waals surface area contributed by atoms with E-state index >= 15 is 0 Å². The molecule has 0 nitrogen and oxygen atoms in total. The lowest BCUT2D eigenvalue weighted by molar-refractivity contribution is 0.457. The van der Waals surface area contributed by atoms with Crippen molar-refractivity contribution in [3.8, 4) is 0 Å². The van der Waals surface area contributed by atoms with Crippen molar-refractivity contribution in [2.75, 3.05) is 0 Å². The summed E-state index contributed by atoms with van der Waals surface area (Å²) in [5.41, 5.74) is 1.49. The largest absolute Gasteiger partial charge is 0.0654 e. The van der Waals surface area contributed by atoms with Gasteiger partial charge in [-0.15, -0.1) is 0 Å². The van der Waals surface area contributed by atoms with Crippen LogP contribution in [-0.4, -0.2) is 0 Å². The van der Waals surface area contributed by atoms with Crippen LogP contribution in [-0.2, 0) is 6.42 Å². The average molecular weight is 204 g/mol. The second-order valence-electron chi connectivity index (χ2n) is 4.63. The van der Waals surface area contributed by atoms with Crippen molar-refractivity contribution in [3.63, 3.8) is 0 Å². The predicted molar refractivity (Wildman–Crippen MR) is 68.1 cm³/mol. The predicted octanol–water partition coefficient (Wildman–Crippen LogP) is 4.84. The fraction of sp³-hybridized carbons (Fsp3) is 0.600. The first-order valence-corrected chi connectivity index (χ1v) is 6.37. The molecule has 0 saturated heterocycles. The van der Waals surface area contributed by atoms with Gasteiger partial charge in [-0.2, -0.15) is 0 Å². The molecule has 0 bridgehead atoms. The van der Waals surface area contributed by atoms with Crippen LogP contribution in [0.25, 0.3) is 0 Å². The molecule has 0 heteroatoms. The molecular formula is C15H24. The van der Waals surface area contributed by atoms with Crippen LogP contribution in [0.2, 0.25) is 0 Å². The van der Waals surface area contributed by atoms with Crippen LogP contribution in [0.15, 0.2) is 30.3 Å². The molecule has 0 radical (unpaired) electrons. The summed E-state index contributed by atoms with van der Waals surface area (Å²) < 4.78 is 0. The molecular weight excluding hydrogens is 180 g/mol. The maximum absolute atomic E-state index is 2.39. The standard InChI is InChI=1S/C15H24/c1-3-4-9-14(2)10-8-13-15-11-6-5-7-12-15/h5-7,11-12,14H,3-4,8-10,13H2,1-2H3. The van der Waals surface area contributed by atoms with E-state index in [9.17, 15) is 0 Å². The molecule has 0 aliphatic carbocycles. The van der Waals surface area contributed by atoms with Gasteiger partial charge in [0.05, 0.1) is 0 Å². The van der Waals surface area contributed by atoms with Gasteiger partial charge in [-0.1, -0.05) is 69.9 Å². The van der Waals surface area contributed by atoms with Crippen LogP contribution >= 0.6 is 0 Å². The molecule has 0 aromatic heterocycles. The summed E-state index contributed by atoms with van der Waals surface area (Å²) in [5, 5.41) is 0. The van der Waals surface area contributed by atoms with Crippen LogP contribution in [0.1, 0.15) is 51.5 Å². The Labute approximate surface area is 94.7 Å². The van der Waals surface area contributed by atoms with Gasteiger partial charge in [0.2, 0.25) is 0 Å². The Kier molecular flexibility index (Phi) is 6.15. The molecule has 1 atom stereocenters. The smallest absolute Gasteiger partial charge is 0.0279 e. The summed E-state index contributed by atoms with van der Waals surface area (Å²) in [6.45, 7) is 4.66. The number of benzene rings is 1. The van der Waals surface area contributed by atoms with Gasteiger partial charge in [0.25, 0.3) is 0 Å². The Bertz CT molecular complexity index is 237. The van der Waals surface area contributed by atoms with Crippen molar-refractivity contribution in [1.82, 2.24) is 0 Å². The zero-order chi connectivity index (χ0) is 10.9. The zero-order valence-electron chi connectivity index (χ0n) is 10.2. The van der Waals surface area contributed by atoms with E-state index in [0.29, 0.717) is 0 Å². The van der Waals surface area contributed by atoms with Crippen LogP contribution in [0.3, 0.4) is 0 Å². The van der Waals surface area contributed by atoms with Gasteiger partial charge in [-0.3, -0.25) is 0 Å². The molecule has 0 aliphatic rings. The Balaban J connectivity index is 2.11. The zero-order valence-corrected chi connectivity index (χ0v) is 10.2. The molecule has 0 spiro atoms. The first-order chi connectivity index (χ1) is 7.33. The average Bonchev–Trinajstić information content (AvgIpc) is 2.28. The Morgan fingerprint density at radius 2 is 1.67 bits per heavy atom. The summed E-state index contributed by atoms with van der Waals surface area (Å²) in [7, 11) is 0. The summed E-state index contributed by atoms with van der Waals surface area (Å²) in [4.78, 5) is 0. The van der Waals surface area contributed by atoms with Gasteiger partial charge in [0.15, 0.2) is 0 Å². The number of hydrogen-bond donors (Lipinski definition) is 0. The van der Waals surface area contributed by atoms with E-state index < -0.39 is 0 Å². The lowest BCUT2D eigenvalue weighted by Crippen LogP contribution is -1.96. The SMILES string of the molecule is CCCCC(C)CCCc1ccccc1. The third-order valence-electron chi connectivity index (χ3n) is 3.06. The minimum Gasteiger partial charge on any atom is -0.0654 e. The minimum atomic E-state index is 0.911. The van der Waals surface area contributed by atoms with E-state index in [0.717, 1.165) is 5.92 Å². The number of unbranched alkanes of at least 4 members (excludes halogenated alkanes) is 1. The van der Waals surface area contributed by atoms with Crippen LogP contribution < -0.4 is 0 Å².